The van der Waals surface area contributed by atoms with Crippen LogP contribution in [-0.4, -0.2) is 36.0 Å². The quantitative estimate of drug-likeness (QED) is 0.671. The van der Waals surface area contributed by atoms with Crippen molar-refractivity contribution in [1.29, 1.82) is 0 Å². The number of piperidine rings is 1. The van der Waals surface area contributed by atoms with E-state index in [-0.39, 0.29) is 10.6 Å². The van der Waals surface area contributed by atoms with Crippen LogP contribution in [0.15, 0.2) is 18.2 Å². The average Bonchev–Trinajstić information content (AvgIpc) is 2.42. The number of nitrogens with one attached hydrogen (secondary N) is 1. The van der Waals surface area contributed by atoms with Gasteiger partial charge in [-0.05, 0) is 32.5 Å². The first-order valence-electron chi connectivity index (χ1n) is 6.91. The van der Waals surface area contributed by atoms with Crippen LogP contribution in [0.3, 0.4) is 0 Å². The van der Waals surface area contributed by atoms with Gasteiger partial charge in [-0.3, -0.25) is 10.1 Å². The van der Waals surface area contributed by atoms with E-state index in [1.807, 2.05) is 7.05 Å². The van der Waals surface area contributed by atoms with Gasteiger partial charge >= 0.3 is 0 Å². The van der Waals surface area contributed by atoms with Crippen molar-refractivity contribution in [2.24, 2.45) is 0 Å². The number of hydrogen-bond donors (Lipinski definition) is 1. The molecule has 5 nitrogen and oxygen atoms in total. The molecule has 0 saturated carbocycles. The molecule has 1 atom stereocenters. The maximum Gasteiger partial charge on any atom is 0.275 e. The molecule has 1 fully saturated rings. The van der Waals surface area contributed by atoms with Crippen LogP contribution < -0.4 is 5.32 Å². The molecule has 1 saturated heterocycles. The summed E-state index contributed by atoms with van der Waals surface area (Å²) in [6.07, 6.45) is 3.64. The van der Waals surface area contributed by atoms with E-state index in [9.17, 15) is 10.1 Å². The van der Waals surface area contributed by atoms with Crippen LogP contribution in [0.25, 0.3) is 0 Å². The Morgan fingerprint density at radius 2 is 2.30 bits per heavy atom. The number of nitro benzene ring substituents is 1. The minimum atomic E-state index is -0.367. The highest BCUT2D eigenvalue weighted by Crippen LogP contribution is 2.27. The Labute approximate surface area is 124 Å². The Kier molecular flexibility index (Phi) is 5.34. The Morgan fingerprint density at radius 3 is 2.95 bits per heavy atom. The molecule has 0 aromatic heterocycles. The third-order valence-electron chi connectivity index (χ3n) is 3.66. The van der Waals surface area contributed by atoms with Crippen LogP contribution in [0.1, 0.15) is 24.8 Å². The average molecular weight is 298 g/mol. The summed E-state index contributed by atoms with van der Waals surface area (Å²) in [5, 5.41) is 15.0. The largest absolute Gasteiger partial charge is 0.313 e. The fourth-order valence-electron chi connectivity index (χ4n) is 2.67. The number of halogens is 1. The molecule has 1 aromatic carbocycles. The Balaban J connectivity index is 2.03. The monoisotopic (exact) mass is 297 g/mol. The maximum absolute atomic E-state index is 11.1. The fraction of sp³-hybridized carbons (Fsp3) is 0.571. The molecule has 0 spiro atoms. The van der Waals surface area contributed by atoms with E-state index in [2.05, 4.69) is 10.2 Å². The summed E-state index contributed by atoms with van der Waals surface area (Å²) in [6, 6.07) is 5.30. The predicted molar refractivity (Wildman–Crippen MR) is 80.1 cm³/mol. The van der Waals surface area contributed by atoms with Gasteiger partial charge in [-0.25, -0.2) is 0 Å². The first-order valence-corrected chi connectivity index (χ1v) is 7.29. The third kappa shape index (κ3) is 3.91. The normalized spacial score (nSPS) is 19.2. The lowest BCUT2D eigenvalue weighted by molar-refractivity contribution is -0.385. The Bertz CT molecular complexity index is 475. The van der Waals surface area contributed by atoms with Crippen molar-refractivity contribution in [2.75, 3.05) is 20.1 Å². The number of hydrogen-bond acceptors (Lipinski definition) is 4. The first-order chi connectivity index (χ1) is 9.58. The van der Waals surface area contributed by atoms with Gasteiger partial charge in [0.15, 0.2) is 0 Å². The van der Waals surface area contributed by atoms with Gasteiger partial charge in [-0.15, -0.1) is 0 Å². The molecule has 110 valence electrons. The molecule has 0 aliphatic carbocycles. The standard InChI is InChI=1S/C14H20ClN3O2/c1-17(9-11-5-2-3-8-16-11)10-12-13(15)6-4-7-14(12)18(19)20/h4,6-7,11,16H,2-3,5,8-10H2,1H3. The highest BCUT2D eigenvalue weighted by Gasteiger charge is 2.20. The molecule has 0 radical (unpaired) electrons. The van der Waals surface area contributed by atoms with Crippen LogP contribution in [0.2, 0.25) is 5.02 Å². The van der Waals surface area contributed by atoms with Gasteiger partial charge in [-0.1, -0.05) is 24.1 Å². The number of rotatable bonds is 5. The van der Waals surface area contributed by atoms with E-state index in [0.717, 1.165) is 19.5 Å². The van der Waals surface area contributed by atoms with Crippen molar-refractivity contribution in [3.05, 3.63) is 38.9 Å². The van der Waals surface area contributed by atoms with Gasteiger partial charge in [0.05, 0.1) is 15.5 Å². The van der Waals surface area contributed by atoms with Gasteiger partial charge < -0.3 is 10.2 Å². The molecule has 1 aliphatic rings. The van der Waals surface area contributed by atoms with Gasteiger partial charge in [0.2, 0.25) is 0 Å². The van der Waals surface area contributed by atoms with Crippen molar-refractivity contribution < 1.29 is 4.92 Å². The van der Waals surface area contributed by atoms with Crippen LogP contribution in [0.5, 0.6) is 0 Å². The van der Waals surface area contributed by atoms with Crippen LogP contribution in [-0.2, 0) is 6.54 Å². The number of nitrogens with zero attached hydrogens (tertiary/aromatic N) is 2. The summed E-state index contributed by atoms with van der Waals surface area (Å²) in [7, 11) is 1.98. The lowest BCUT2D eigenvalue weighted by atomic mass is 10.0. The van der Waals surface area contributed by atoms with E-state index in [4.69, 9.17) is 11.6 Å². The van der Waals surface area contributed by atoms with E-state index < -0.39 is 0 Å². The summed E-state index contributed by atoms with van der Waals surface area (Å²) >= 11 is 6.11. The van der Waals surface area contributed by atoms with E-state index in [1.54, 1.807) is 12.1 Å². The minimum Gasteiger partial charge on any atom is -0.313 e. The molecule has 1 aliphatic heterocycles. The maximum atomic E-state index is 11.1. The van der Waals surface area contributed by atoms with Crippen molar-refractivity contribution >= 4 is 17.3 Å². The smallest absolute Gasteiger partial charge is 0.275 e. The molecule has 2 rings (SSSR count). The zero-order valence-electron chi connectivity index (χ0n) is 11.6. The number of benzene rings is 1. The minimum absolute atomic E-state index is 0.0981. The predicted octanol–water partition coefficient (Wildman–Crippen LogP) is 2.82. The Hall–Kier alpha value is -1.17. The molecule has 1 heterocycles. The number of nitro groups is 1. The van der Waals surface area contributed by atoms with Crippen molar-refractivity contribution in [2.45, 2.75) is 31.8 Å². The summed E-state index contributed by atoms with van der Waals surface area (Å²) in [4.78, 5) is 12.8. The van der Waals surface area contributed by atoms with E-state index in [1.165, 1.54) is 18.9 Å². The zero-order chi connectivity index (χ0) is 14.5. The highest BCUT2D eigenvalue weighted by molar-refractivity contribution is 6.31. The van der Waals surface area contributed by atoms with E-state index >= 15 is 0 Å². The van der Waals surface area contributed by atoms with E-state index in [0.29, 0.717) is 23.2 Å². The zero-order valence-corrected chi connectivity index (χ0v) is 12.4. The third-order valence-corrected chi connectivity index (χ3v) is 4.02. The fourth-order valence-corrected chi connectivity index (χ4v) is 2.89. The van der Waals surface area contributed by atoms with Gasteiger partial charge in [0.1, 0.15) is 0 Å². The molecular weight excluding hydrogens is 278 g/mol. The topological polar surface area (TPSA) is 58.4 Å². The lowest BCUT2D eigenvalue weighted by Crippen LogP contribution is -2.42. The van der Waals surface area contributed by atoms with Crippen LogP contribution >= 0.6 is 11.6 Å². The summed E-state index contributed by atoms with van der Waals surface area (Å²) in [5.41, 5.74) is 0.693. The van der Waals surface area contributed by atoms with Crippen molar-refractivity contribution in [3.8, 4) is 0 Å². The molecule has 1 aromatic rings. The van der Waals surface area contributed by atoms with Crippen LogP contribution in [0.4, 0.5) is 5.69 Å². The second-order valence-electron chi connectivity index (χ2n) is 5.34. The molecule has 0 bridgehead atoms. The second-order valence-corrected chi connectivity index (χ2v) is 5.75. The Morgan fingerprint density at radius 1 is 1.50 bits per heavy atom. The van der Waals surface area contributed by atoms with Crippen molar-refractivity contribution in [3.63, 3.8) is 0 Å². The molecule has 1 unspecified atom stereocenters. The van der Waals surface area contributed by atoms with Gasteiger partial charge in [-0.2, -0.15) is 0 Å². The molecular formula is C14H20ClN3O2. The van der Waals surface area contributed by atoms with Crippen molar-refractivity contribution in [1.82, 2.24) is 10.2 Å². The second kappa shape index (κ2) is 7.02. The van der Waals surface area contributed by atoms with Gasteiger partial charge in [0, 0.05) is 25.2 Å². The van der Waals surface area contributed by atoms with Gasteiger partial charge in [0.25, 0.3) is 5.69 Å². The summed E-state index contributed by atoms with van der Waals surface area (Å²) in [5.74, 6) is 0. The number of likely N-dealkylation sites (N-methyl/N-ethyl adjacent to an activating group) is 1. The molecule has 20 heavy (non-hydrogen) atoms. The van der Waals surface area contributed by atoms with Crippen LogP contribution in [0, 0.1) is 10.1 Å². The highest BCUT2D eigenvalue weighted by atomic mass is 35.5. The SMILES string of the molecule is CN(Cc1c(Cl)cccc1[N+](=O)[O-])CC1CCCCN1. The molecule has 1 N–H and O–H groups in total. The lowest BCUT2D eigenvalue weighted by Gasteiger charge is -2.28. The molecule has 6 heteroatoms. The first kappa shape index (κ1) is 15.2. The molecule has 0 amide bonds. The summed E-state index contributed by atoms with van der Waals surface area (Å²) in [6.45, 7) is 2.43. The summed E-state index contributed by atoms with van der Waals surface area (Å²) < 4.78 is 0.